The molecule has 2 amide bonds. The Labute approximate surface area is 201 Å². The van der Waals surface area contributed by atoms with Gasteiger partial charge in [0.15, 0.2) is 0 Å². The Hall–Kier alpha value is -1.10. The lowest BCUT2D eigenvalue weighted by molar-refractivity contribution is -0.154. The Morgan fingerprint density at radius 1 is 0.606 bits per heavy atom. The molecule has 0 unspecified atom stereocenters. The molecule has 5 rings (SSSR count). The summed E-state index contributed by atoms with van der Waals surface area (Å²) in [7, 11) is 0. The maximum atomic E-state index is 12.9. The maximum absolute atomic E-state index is 12.9. The van der Waals surface area contributed by atoms with Gasteiger partial charge in [-0.1, -0.05) is 89.9 Å². The molecule has 0 heterocycles. The summed E-state index contributed by atoms with van der Waals surface area (Å²) in [6.45, 7) is 0.188. The van der Waals surface area contributed by atoms with Crippen LogP contribution in [-0.2, 0) is 14.3 Å². The summed E-state index contributed by atoms with van der Waals surface area (Å²) in [6.07, 6.45) is 25.2. The van der Waals surface area contributed by atoms with Crippen molar-refractivity contribution in [3.63, 3.8) is 0 Å². The van der Waals surface area contributed by atoms with Gasteiger partial charge >= 0.3 is 0 Å². The van der Waals surface area contributed by atoms with E-state index in [0.29, 0.717) is 0 Å². The van der Waals surface area contributed by atoms with Gasteiger partial charge in [-0.25, -0.2) is 0 Å². The molecule has 5 heteroatoms. The summed E-state index contributed by atoms with van der Waals surface area (Å²) in [5.74, 6) is 0.490. The van der Waals surface area contributed by atoms with Gasteiger partial charge in [0.2, 0.25) is 11.8 Å². The standard InChI is InChI=1S/C28H48N2O3/c31-25(19-33-24-17-13-9-3-1-2-4-10-14-18-24)29-27-20-28(21-27,22-27)30-26(32)23-15-11-7-5-6-8-12-16-23/h23-24H,1-22H2,(H,29,31)(H,30,32). The Kier molecular flexibility index (Phi) is 9.12. The highest BCUT2D eigenvalue weighted by atomic mass is 16.5. The zero-order valence-electron chi connectivity index (χ0n) is 20.9. The SMILES string of the molecule is O=C(COC1CCCCCCCCCC1)NC12CC(NC(=O)C3CCCCCCCC3)(C1)C2. The predicted octanol–water partition coefficient (Wildman–Crippen LogP) is 5.94. The van der Waals surface area contributed by atoms with Crippen molar-refractivity contribution < 1.29 is 14.3 Å². The fourth-order valence-electron chi connectivity index (χ4n) is 6.95. The van der Waals surface area contributed by atoms with Crippen LogP contribution in [0.4, 0.5) is 0 Å². The lowest BCUT2D eigenvalue weighted by Crippen LogP contribution is -2.84. The van der Waals surface area contributed by atoms with Crippen molar-refractivity contribution >= 4 is 11.8 Å². The van der Waals surface area contributed by atoms with E-state index in [1.54, 1.807) is 0 Å². The molecular weight excluding hydrogens is 412 g/mol. The summed E-state index contributed by atoms with van der Waals surface area (Å²) in [4.78, 5) is 25.5. The molecule has 0 saturated heterocycles. The quantitative estimate of drug-likeness (QED) is 0.515. The minimum atomic E-state index is -0.0830. The summed E-state index contributed by atoms with van der Waals surface area (Å²) in [5, 5.41) is 6.63. The van der Waals surface area contributed by atoms with Gasteiger partial charge in [0, 0.05) is 17.0 Å². The summed E-state index contributed by atoms with van der Waals surface area (Å²) in [5.41, 5.74) is -0.126. The molecule has 5 saturated carbocycles. The number of amides is 2. The van der Waals surface area contributed by atoms with Crippen molar-refractivity contribution in [2.45, 2.75) is 152 Å². The van der Waals surface area contributed by atoms with Crippen LogP contribution in [-0.4, -0.2) is 35.6 Å². The third kappa shape index (κ3) is 7.19. The van der Waals surface area contributed by atoms with Crippen LogP contribution in [0.15, 0.2) is 0 Å². The highest BCUT2D eigenvalue weighted by molar-refractivity contribution is 5.82. The molecule has 5 aliphatic rings. The lowest BCUT2D eigenvalue weighted by atomic mass is 9.44. The number of hydrogen-bond acceptors (Lipinski definition) is 3. The second-order valence-electron chi connectivity index (χ2n) is 11.9. The Morgan fingerprint density at radius 3 is 1.55 bits per heavy atom. The van der Waals surface area contributed by atoms with Crippen molar-refractivity contribution in [1.82, 2.24) is 10.6 Å². The molecule has 0 aromatic carbocycles. The normalized spacial score (nSPS) is 32.6. The van der Waals surface area contributed by atoms with E-state index in [1.807, 2.05) is 0 Å². The fourth-order valence-corrected chi connectivity index (χ4v) is 6.95. The molecule has 0 aromatic heterocycles. The zero-order chi connectivity index (χ0) is 23.0. The second-order valence-corrected chi connectivity index (χ2v) is 11.9. The average molecular weight is 461 g/mol. The molecule has 188 valence electrons. The van der Waals surface area contributed by atoms with E-state index >= 15 is 0 Å². The molecule has 2 N–H and O–H groups in total. The van der Waals surface area contributed by atoms with Gasteiger partial charge in [-0.15, -0.1) is 0 Å². The molecule has 0 atom stereocenters. The molecule has 0 aliphatic heterocycles. The van der Waals surface area contributed by atoms with Crippen molar-refractivity contribution in [2.75, 3.05) is 6.61 Å². The highest BCUT2D eigenvalue weighted by Gasteiger charge is 2.69. The number of carbonyl (C=O) groups is 2. The van der Waals surface area contributed by atoms with E-state index in [2.05, 4.69) is 10.6 Å². The van der Waals surface area contributed by atoms with Crippen LogP contribution in [0.5, 0.6) is 0 Å². The molecule has 33 heavy (non-hydrogen) atoms. The van der Waals surface area contributed by atoms with Gasteiger partial charge < -0.3 is 15.4 Å². The van der Waals surface area contributed by atoms with Crippen LogP contribution in [0.25, 0.3) is 0 Å². The number of ether oxygens (including phenoxy) is 1. The van der Waals surface area contributed by atoms with Crippen molar-refractivity contribution in [2.24, 2.45) is 5.92 Å². The molecule has 0 radical (unpaired) electrons. The first-order valence-electron chi connectivity index (χ1n) is 14.3. The highest BCUT2D eigenvalue weighted by Crippen LogP contribution is 2.60. The van der Waals surface area contributed by atoms with E-state index < -0.39 is 0 Å². The molecule has 5 nitrogen and oxygen atoms in total. The predicted molar refractivity (Wildman–Crippen MR) is 132 cm³/mol. The summed E-state index contributed by atoms with van der Waals surface area (Å²) < 4.78 is 6.07. The van der Waals surface area contributed by atoms with Crippen LogP contribution >= 0.6 is 0 Å². The molecule has 5 aliphatic carbocycles. The van der Waals surface area contributed by atoms with Gasteiger partial charge in [0.25, 0.3) is 0 Å². The van der Waals surface area contributed by atoms with Crippen molar-refractivity contribution in [3.8, 4) is 0 Å². The number of carbonyl (C=O) groups excluding carboxylic acids is 2. The van der Waals surface area contributed by atoms with Crippen molar-refractivity contribution in [3.05, 3.63) is 0 Å². The number of hydrogen-bond donors (Lipinski definition) is 2. The summed E-state index contributed by atoms with van der Waals surface area (Å²) in [6, 6.07) is 0. The third-order valence-corrected chi connectivity index (χ3v) is 8.80. The average Bonchev–Trinajstić information content (AvgIpc) is 2.85. The first-order valence-corrected chi connectivity index (χ1v) is 14.3. The van der Waals surface area contributed by atoms with Gasteiger partial charge in [-0.2, -0.15) is 0 Å². The van der Waals surface area contributed by atoms with E-state index in [9.17, 15) is 9.59 Å². The second kappa shape index (κ2) is 12.0. The zero-order valence-corrected chi connectivity index (χ0v) is 20.9. The van der Waals surface area contributed by atoms with Crippen LogP contribution in [0.2, 0.25) is 0 Å². The third-order valence-electron chi connectivity index (χ3n) is 8.80. The van der Waals surface area contributed by atoms with E-state index in [0.717, 1.165) is 44.9 Å². The first kappa shape index (κ1) is 25.0. The Balaban J connectivity index is 1.14. The van der Waals surface area contributed by atoms with Crippen LogP contribution in [0, 0.1) is 5.92 Å². The minimum Gasteiger partial charge on any atom is -0.368 e. The van der Waals surface area contributed by atoms with Crippen LogP contribution < -0.4 is 10.6 Å². The Morgan fingerprint density at radius 2 is 1.03 bits per heavy atom. The van der Waals surface area contributed by atoms with E-state index in [-0.39, 0.29) is 41.5 Å². The molecule has 2 bridgehead atoms. The summed E-state index contributed by atoms with van der Waals surface area (Å²) >= 11 is 0. The van der Waals surface area contributed by atoms with Crippen LogP contribution in [0.1, 0.15) is 135 Å². The molecule has 0 spiro atoms. The van der Waals surface area contributed by atoms with Gasteiger partial charge in [-0.3, -0.25) is 9.59 Å². The van der Waals surface area contributed by atoms with Gasteiger partial charge in [0.05, 0.1) is 6.10 Å². The van der Waals surface area contributed by atoms with E-state index in [1.165, 1.54) is 89.9 Å². The monoisotopic (exact) mass is 460 g/mol. The minimum absolute atomic E-state index is 0.0280. The fraction of sp³-hybridized carbons (Fsp3) is 0.929. The topological polar surface area (TPSA) is 67.4 Å². The van der Waals surface area contributed by atoms with Crippen molar-refractivity contribution in [1.29, 1.82) is 0 Å². The largest absolute Gasteiger partial charge is 0.368 e. The van der Waals surface area contributed by atoms with E-state index in [4.69, 9.17) is 4.74 Å². The first-order chi connectivity index (χ1) is 16.1. The Bertz CT molecular complexity index is 607. The number of nitrogens with one attached hydrogen (secondary N) is 2. The van der Waals surface area contributed by atoms with Crippen LogP contribution in [0.3, 0.4) is 0 Å². The lowest BCUT2D eigenvalue weighted by Gasteiger charge is -2.70. The molecule has 5 fully saturated rings. The number of rotatable bonds is 6. The van der Waals surface area contributed by atoms with Gasteiger partial charge in [-0.05, 0) is 44.9 Å². The maximum Gasteiger partial charge on any atom is 0.246 e. The molecule has 0 aromatic rings. The van der Waals surface area contributed by atoms with Gasteiger partial charge in [0.1, 0.15) is 6.61 Å². The smallest absolute Gasteiger partial charge is 0.246 e. The molecular formula is C28H48N2O3.